The Balaban J connectivity index is 3.43. The van der Waals surface area contributed by atoms with Gasteiger partial charge in [-0.15, -0.1) is 0 Å². The van der Waals surface area contributed by atoms with Crippen LogP contribution in [0.4, 0.5) is 22.7 Å². The van der Waals surface area contributed by atoms with Crippen molar-refractivity contribution in [3.8, 4) is 0 Å². The second-order valence-electron chi connectivity index (χ2n) is 2.48. The van der Waals surface area contributed by atoms with Crippen LogP contribution >= 0.6 is 0 Å². The maximum Gasteiger partial charge on any atom is 0.301 e. The number of anilines is 2. The Bertz CT molecular complexity index is 417. The lowest BCUT2D eigenvalue weighted by Crippen LogP contribution is -2.02. The van der Waals surface area contributed by atoms with Crippen molar-refractivity contribution in [2.75, 3.05) is 11.5 Å². The van der Waals surface area contributed by atoms with Gasteiger partial charge in [-0.1, -0.05) is 0 Å². The third-order valence-electron chi connectivity index (χ3n) is 1.58. The van der Waals surface area contributed by atoms with Crippen molar-refractivity contribution in [3.63, 3.8) is 0 Å². The van der Waals surface area contributed by atoms with Gasteiger partial charge in [-0.3, -0.25) is 20.2 Å². The predicted molar refractivity (Wildman–Crippen MR) is 48.6 cm³/mol. The summed E-state index contributed by atoms with van der Waals surface area (Å²) < 4.78 is 0. The number of nitro benzene ring substituents is 2. The SMILES string of the molecule is Nc1cc([N+](=O)[O-])cc([N+](=O)[O-])c1N. The first-order valence-corrected chi connectivity index (χ1v) is 3.41. The number of rotatable bonds is 2. The molecule has 0 bridgehead atoms. The van der Waals surface area contributed by atoms with Crippen LogP contribution in [0.15, 0.2) is 12.1 Å². The lowest BCUT2D eigenvalue weighted by atomic mass is 10.2. The Labute approximate surface area is 77.4 Å². The van der Waals surface area contributed by atoms with Crippen LogP contribution < -0.4 is 11.5 Å². The van der Waals surface area contributed by atoms with Gasteiger partial charge in [0.05, 0.1) is 21.6 Å². The molecule has 74 valence electrons. The molecule has 0 saturated heterocycles. The molecule has 1 aromatic rings. The van der Waals surface area contributed by atoms with E-state index < -0.39 is 21.2 Å². The van der Waals surface area contributed by atoms with E-state index in [0.717, 1.165) is 12.1 Å². The molecule has 0 aliphatic rings. The minimum atomic E-state index is -0.821. The number of nitrogens with zero attached hydrogens (tertiary/aromatic N) is 2. The Hall–Kier alpha value is -2.38. The predicted octanol–water partition coefficient (Wildman–Crippen LogP) is 0.667. The van der Waals surface area contributed by atoms with Crippen LogP contribution in [0.3, 0.4) is 0 Å². The summed E-state index contributed by atoms with van der Waals surface area (Å²) in [6.07, 6.45) is 0. The molecular formula is C6H6N4O4. The van der Waals surface area contributed by atoms with Crippen LogP contribution in [0, 0.1) is 20.2 Å². The molecule has 0 unspecified atom stereocenters. The van der Waals surface area contributed by atoms with E-state index in [0.29, 0.717) is 0 Å². The van der Waals surface area contributed by atoms with Gasteiger partial charge in [0.15, 0.2) is 0 Å². The number of benzene rings is 1. The van der Waals surface area contributed by atoms with Crippen molar-refractivity contribution in [2.24, 2.45) is 0 Å². The quantitative estimate of drug-likeness (QED) is 0.406. The molecule has 0 aliphatic carbocycles. The van der Waals surface area contributed by atoms with E-state index in [-0.39, 0.29) is 11.4 Å². The fourth-order valence-corrected chi connectivity index (χ4v) is 0.901. The van der Waals surface area contributed by atoms with E-state index in [1.54, 1.807) is 0 Å². The van der Waals surface area contributed by atoms with Gasteiger partial charge in [0, 0.05) is 6.07 Å². The normalized spacial score (nSPS) is 9.71. The zero-order valence-electron chi connectivity index (χ0n) is 6.84. The maximum atomic E-state index is 10.4. The highest BCUT2D eigenvalue weighted by atomic mass is 16.6. The highest BCUT2D eigenvalue weighted by molar-refractivity contribution is 5.77. The smallest absolute Gasteiger partial charge is 0.301 e. The molecule has 0 fully saturated rings. The van der Waals surface area contributed by atoms with Crippen LogP contribution in [0.2, 0.25) is 0 Å². The molecule has 0 saturated carbocycles. The van der Waals surface area contributed by atoms with Gasteiger partial charge in [0.2, 0.25) is 0 Å². The molecule has 1 aromatic carbocycles. The molecule has 0 heterocycles. The molecular weight excluding hydrogens is 192 g/mol. The van der Waals surface area contributed by atoms with E-state index in [4.69, 9.17) is 11.5 Å². The van der Waals surface area contributed by atoms with Crippen molar-refractivity contribution in [3.05, 3.63) is 32.4 Å². The second kappa shape index (κ2) is 3.17. The maximum absolute atomic E-state index is 10.4. The summed E-state index contributed by atoms with van der Waals surface area (Å²) >= 11 is 0. The lowest BCUT2D eigenvalue weighted by Gasteiger charge is -2.00. The summed E-state index contributed by atoms with van der Waals surface area (Å²) in [6.45, 7) is 0. The van der Waals surface area contributed by atoms with Gasteiger partial charge in [-0.2, -0.15) is 0 Å². The molecule has 0 aromatic heterocycles. The van der Waals surface area contributed by atoms with Crippen molar-refractivity contribution in [1.82, 2.24) is 0 Å². The van der Waals surface area contributed by atoms with Crippen LogP contribution in [-0.4, -0.2) is 9.85 Å². The zero-order valence-corrected chi connectivity index (χ0v) is 6.84. The fourth-order valence-electron chi connectivity index (χ4n) is 0.901. The molecule has 0 atom stereocenters. The van der Waals surface area contributed by atoms with Crippen molar-refractivity contribution >= 4 is 22.7 Å². The molecule has 0 radical (unpaired) electrons. The van der Waals surface area contributed by atoms with E-state index in [1.807, 2.05) is 0 Å². The molecule has 14 heavy (non-hydrogen) atoms. The van der Waals surface area contributed by atoms with Crippen molar-refractivity contribution in [1.29, 1.82) is 0 Å². The molecule has 1 rings (SSSR count). The highest BCUT2D eigenvalue weighted by Gasteiger charge is 2.20. The third kappa shape index (κ3) is 1.53. The minimum Gasteiger partial charge on any atom is -0.397 e. The number of nitrogens with two attached hydrogens (primary N) is 2. The standard InChI is InChI=1S/C6H6N4O4/c7-4-1-3(9(11)12)2-5(6(4)8)10(13)14/h1-2H,7-8H2. The molecule has 0 aliphatic heterocycles. The fraction of sp³-hybridized carbons (Fsp3) is 0. The number of nitrogen functional groups attached to an aromatic ring is 2. The van der Waals surface area contributed by atoms with Gasteiger partial charge < -0.3 is 11.5 Å². The Morgan fingerprint density at radius 3 is 2.07 bits per heavy atom. The lowest BCUT2D eigenvalue weighted by molar-refractivity contribution is -0.393. The van der Waals surface area contributed by atoms with Crippen LogP contribution in [0.5, 0.6) is 0 Å². The van der Waals surface area contributed by atoms with Gasteiger partial charge in [-0.25, -0.2) is 0 Å². The average Bonchev–Trinajstić information content (AvgIpc) is 2.08. The third-order valence-corrected chi connectivity index (χ3v) is 1.58. The first-order valence-electron chi connectivity index (χ1n) is 3.41. The summed E-state index contributed by atoms with van der Waals surface area (Å²) in [5.41, 5.74) is 9.07. The molecule has 8 heteroatoms. The van der Waals surface area contributed by atoms with E-state index in [1.165, 1.54) is 0 Å². The van der Waals surface area contributed by atoms with E-state index in [9.17, 15) is 20.2 Å². The number of nitro groups is 2. The van der Waals surface area contributed by atoms with Crippen LogP contribution in [0.1, 0.15) is 0 Å². The topological polar surface area (TPSA) is 138 Å². The first-order chi connectivity index (χ1) is 6.43. The monoisotopic (exact) mass is 198 g/mol. The summed E-state index contributed by atoms with van der Waals surface area (Å²) in [4.78, 5) is 19.1. The number of hydrogen-bond donors (Lipinski definition) is 2. The van der Waals surface area contributed by atoms with E-state index in [2.05, 4.69) is 0 Å². The zero-order chi connectivity index (χ0) is 10.9. The van der Waals surface area contributed by atoms with Gasteiger partial charge in [0.25, 0.3) is 5.69 Å². The number of non-ortho nitro benzene ring substituents is 1. The van der Waals surface area contributed by atoms with Crippen molar-refractivity contribution < 1.29 is 9.85 Å². The van der Waals surface area contributed by atoms with Gasteiger partial charge >= 0.3 is 5.69 Å². The summed E-state index contributed by atoms with van der Waals surface area (Å²) in [5, 5.41) is 20.7. The van der Waals surface area contributed by atoms with Crippen LogP contribution in [0.25, 0.3) is 0 Å². The minimum absolute atomic E-state index is 0.175. The van der Waals surface area contributed by atoms with Crippen LogP contribution in [-0.2, 0) is 0 Å². The summed E-state index contributed by atoms with van der Waals surface area (Å²) in [7, 11) is 0. The molecule has 0 spiro atoms. The van der Waals surface area contributed by atoms with E-state index >= 15 is 0 Å². The largest absolute Gasteiger partial charge is 0.397 e. The molecule has 8 nitrogen and oxygen atoms in total. The Morgan fingerprint density at radius 2 is 1.64 bits per heavy atom. The summed E-state index contributed by atoms with van der Waals surface area (Å²) in [5.74, 6) is 0. The Kier molecular flexibility index (Phi) is 2.19. The first kappa shape index (κ1) is 9.71. The number of hydrogen-bond acceptors (Lipinski definition) is 6. The second-order valence-corrected chi connectivity index (χ2v) is 2.48. The average molecular weight is 198 g/mol. The molecule has 0 amide bonds. The highest BCUT2D eigenvalue weighted by Crippen LogP contribution is 2.32. The van der Waals surface area contributed by atoms with Gasteiger partial charge in [0.1, 0.15) is 5.69 Å². The van der Waals surface area contributed by atoms with Crippen molar-refractivity contribution in [2.45, 2.75) is 0 Å². The molecule has 4 N–H and O–H groups in total. The Morgan fingerprint density at radius 1 is 1.07 bits per heavy atom. The summed E-state index contributed by atoms with van der Waals surface area (Å²) in [6, 6.07) is 1.74. The van der Waals surface area contributed by atoms with Gasteiger partial charge in [-0.05, 0) is 0 Å².